The molecule has 0 spiro atoms. The highest BCUT2D eigenvalue weighted by molar-refractivity contribution is 5.66. The Labute approximate surface area is 95.7 Å². The predicted octanol–water partition coefficient (Wildman–Crippen LogP) is 2.45. The Kier molecular flexibility index (Phi) is 4.76. The summed E-state index contributed by atoms with van der Waals surface area (Å²) in [5, 5.41) is 11.8. The molecule has 0 bridgehead atoms. The van der Waals surface area contributed by atoms with Crippen LogP contribution in [0.4, 0.5) is 5.82 Å². The molecule has 1 heterocycles. The number of aliphatic carboxylic acids is 1. The largest absolute Gasteiger partial charge is 0.481 e. The van der Waals surface area contributed by atoms with Gasteiger partial charge in [-0.05, 0) is 38.3 Å². The average molecular weight is 222 g/mol. The zero-order valence-corrected chi connectivity index (χ0v) is 9.73. The van der Waals surface area contributed by atoms with Gasteiger partial charge in [0.15, 0.2) is 0 Å². The van der Waals surface area contributed by atoms with E-state index in [0.717, 1.165) is 17.8 Å². The summed E-state index contributed by atoms with van der Waals surface area (Å²) in [6, 6.07) is 4.18. The summed E-state index contributed by atoms with van der Waals surface area (Å²) in [6.07, 6.45) is 3.57. The molecule has 0 aliphatic carbocycles. The summed E-state index contributed by atoms with van der Waals surface area (Å²) in [4.78, 5) is 14.6. The maximum atomic E-state index is 10.3. The van der Waals surface area contributed by atoms with E-state index in [1.807, 2.05) is 32.2 Å². The van der Waals surface area contributed by atoms with Crippen LogP contribution in [0.25, 0.3) is 0 Å². The van der Waals surface area contributed by atoms with Crippen LogP contribution in [-0.2, 0) is 4.79 Å². The molecule has 4 nitrogen and oxygen atoms in total. The molecular weight excluding hydrogens is 204 g/mol. The number of hydrogen-bond acceptors (Lipinski definition) is 3. The molecule has 4 heteroatoms. The van der Waals surface area contributed by atoms with Gasteiger partial charge >= 0.3 is 5.97 Å². The van der Waals surface area contributed by atoms with Crippen molar-refractivity contribution >= 4 is 11.8 Å². The van der Waals surface area contributed by atoms with Crippen LogP contribution in [0.15, 0.2) is 18.3 Å². The van der Waals surface area contributed by atoms with E-state index in [-0.39, 0.29) is 12.5 Å². The molecule has 1 unspecified atom stereocenters. The van der Waals surface area contributed by atoms with Gasteiger partial charge in [-0.2, -0.15) is 0 Å². The van der Waals surface area contributed by atoms with Crippen molar-refractivity contribution in [3.63, 3.8) is 0 Å². The average Bonchev–Trinajstić information content (AvgIpc) is 2.21. The Balaban J connectivity index is 2.31. The van der Waals surface area contributed by atoms with E-state index in [0.29, 0.717) is 6.42 Å². The summed E-state index contributed by atoms with van der Waals surface area (Å²) in [5.41, 5.74) is 1.13. The fourth-order valence-corrected chi connectivity index (χ4v) is 1.44. The lowest BCUT2D eigenvalue weighted by Crippen LogP contribution is -2.16. The maximum absolute atomic E-state index is 10.3. The molecule has 16 heavy (non-hydrogen) atoms. The second-order valence-electron chi connectivity index (χ2n) is 4.05. The standard InChI is InChI=1S/C12H18N2O2/c1-9-6-7-11(13-8-9)14-10(2)4-3-5-12(15)16/h6-8,10H,3-5H2,1-2H3,(H,13,14)(H,15,16). The van der Waals surface area contributed by atoms with Gasteiger partial charge in [-0.25, -0.2) is 4.98 Å². The van der Waals surface area contributed by atoms with E-state index < -0.39 is 5.97 Å². The molecule has 0 aliphatic heterocycles. The highest BCUT2D eigenvalue weighted by atomic mass is 16.4. The SMILES string of the molecule is Cc1ccc(NC(C)CCCC(=O)O)nc1. The first-order chi connectivity index (χ1) is 7.58. The molecule has 1 aromatic heterocycles. The molecule has 1 aromatic rings. The second-order valence-corrected chi connectivity index (χ2v) is 4.05. The van der Waals surface area contributed by atoms with Crippen LogP contribution < -0.4 is 5.32 Å². The molecule has 0 amide bonds. The molecule has 88 valence electrons. The smallest absolute Gasteiger partial charge is 0.303 e. The Morgan fingerprint density at radius 2 is 2.31 bits per heavy atom. The van der Waals surface area contributed by atoms with E-state index >= 15 is 0 Å². The van der Waals surface area contributed by atoms with Crippen molar-refractivity contribution in [3.05, 3.63) is 23.9 Å². The van der Waals surface area contributed by atoms with Gasteiger partial charge in [0.25, 0.3) is 0 Å². The topological polar surface area (TPSA) is 62.2 Å². The van der Waals surface area contributed by atoms with Crippen LogP contribution in [0.3, 0.4) is 0 Å². The minimum absolute atomic E-state index is 0.230. The van der Waals surface area contributed by atoms with Gasteiger partial charge in [-0.1, -0.05) is 6.07 Å². The van der Waals surface area contributed by atoms with Crippen molar-refractivity contribution in [2.45, 2.75) is 39.2 Å². The number of rotatable bonds is 6. The third-order valence-electron chi connectivity index (χ3n) is 2.33. The molecule has 0 aliphatic rings. The van der Waals surface area contributed by atoms with Gasteiger partial charge in [0.2, 0.25) is 0 Å². The summed E-state index contributed by atoms with van der Waals surface area (Å²) >= 11 is 0. The minimum atomic E-state index is -0.735. The van der Waals surface area contributed by atoms with Crippen LogP contribution >= 0.6 is 0 Å². The number of aryl methyl sites for hydroxylation is 1. The fourth-order valence-electron chi connectivity index (χ4n) is 1.44. The lowest BCUT2D eigenvalue weighted by molar-refractivity contribution is -0.137. The molecule has 1 rings (SSSR count). The van der Waals surface area contributed by atoms with Crippen molar-refractivity contribution in [2.24, 2.45) is 0 Å². The third-order valence-corrected chi connectivity index (χ3v) is 2.33. The van der Waals surface area contributed by atoms with Crippen LogP contribution in [0.5, 0.6) is 0 Å². The summed E-state index contributed by atoms with van der Waals surface area (Å²) in [7, 11) is 0. The van der Waals surface area contributed by atoms with Gasteiger partial charge in [0, 0.05) is 18.7 Å². The van der Waals surface area contributed by atoms with E-state index in [4.69, 9.17) is 5.11 Å². The first-order valence-corrected chi connectivity index (χ1v) is 5.49. The first kappa shape index (κ1) is 12.5. The molecule has 0 saturated heterocycles. The number of anilines is 1. The number of hydrogen-bond donors (Lipinski definition) is 2. The molecule has 0 radical (unpaired) electrons. The van der Waals surface area contributed by atoms with E-state index in [2.05, 4.69) is 10.3 Å². The maximum Gasteiger partial charge on any atom is 0.303 e. The summed E-state index contributed by atoms with van der Waals surface area (Å²) in [6.45, 7) is 4.02. The Bertz CT molecular complexity index is 335. The van der Waals surface area contributed by atoms with Crippen molar-refractivity contribution in [3.8, 4) is 0 Å². The van der Waals surface area contributed by atoms with Gasteiger partial charge in [-0.3, -0.25) is 4.79 Å². The Morgan fingerprint density at radius 1 is 1.56 bits per heavy atom. The van der Waals surface area contributed by atoms with Crippen molar-refractivity contribution in [1.82, 2.24) is 4.98 Å². The zero-order chi connectivity index (χ0) is 12.0. The Morgan fingerprint density at radius 3 is 2.88 bits per heavy atom. The van der Waals surface area contributed by atoms with Crippen LogP contribution in [-0.4, -0.2) is 22.1 Å². The zero-order valence-electron chi connectivity index (χ0n) is 9.73. The van der Waals surface area contributed by atoms with Gasteiger partial charge in [0.1, 0.15) is 5.82 Å². The summed E-state index contributed by atoms with van der Waals surface area (Å²) < 4.78 is 0. The highest BCUT2D eigenvalue weighted by Gasteiger charge is 2.04. The normalized spacial score (nSPS) is 12.1. The predicted molar refractivity (Wildman–Crippen MR) is 63.5 cm³/mol. The fraction of sp³-hybridized carbons (Fsp3) is 0.500. The molecule has 0 fully saturated rings. The summed E-state index contributed by atoms with van der Waals surface area (Å²) in [5.74, 6) is 0.106. The van der Waals surface area contributed by atoms with E-state index in [9.17, 15) is 4.79 Å². The number of carboxylic acids is 1. The second kappa shape index (κ2) is 6.10. The molecule has 2 N–H and O–H groups in total. The van der Waals surface area contributed by atoms with Crippen molar-refractivity contribution < 1.29 is 9.90 Å². The van der Waals surface area contributed by atoms with E-state index in [1.54, 1.807) is 0 Å². The van der Waals surface area contributed by atoms with Gasteiger partial charge in [0.05, 0.1) is 0 Å². The monoisotopic (exact) mass is 222 g/mol. The highest BCUT2D eigenvalue weighted by Crippen LogP contribution is 2.09. The lowest BCUT2D eigenvalue weighted by atomic mass is 10.1. The number of nitrogens with one attached hydrogen (secondary N) is 1. The van der Waals surface area contributed by atoms with Crippen molar-refractivity contribution in [1.29, 1.82) is 0 Å². The van der Waals surface area contributed by atoms with Crippen LogP contribution in [0, 0.1) is 6.92 Å². The molecule has 1 atom stereocenters. The number of carboxylic acid groups (broad SMARTS) is 1. The van der Waals surface area contributed by atoms with Crippen LogP contribution in [0.2, 0.25) is 0 Å². The molecule has 0 saturated carbocycles. The first-order valence-electron chi connectivity index (χ1n) is 5.49. The van der Waals surface area contributed by atoms with Gasteiger partial charge in [-0.15, -0.1) is 0 Å². The van der Waals surface area contributed by atoms with Crippen molar-refractivity contribution in [2.75, 3.05) is 5.32 Å². The molecule has 0 aromatic carbocycles. The van der Waals surface area contributed by atoms with Gasteiger partial charge < -0.3 is 10.4 Å². The lowest BCUT2D eigenvalue weighted by Gasteiger charge is -2.13. The Hall–Kier alpha value is -1.58. The van der Waals surface area contributed by atoms with Crippen LogP contribution in [0.1, 0.15) is 31.7 Å². The number of aromatic nitrogens is 1. The minimum Gasteiger partial charge on any atom is -0.481 e. The number of nitrogens with zero attached hydrogens (tertiary/aromatic N) is 1. The number of pyridine rings is 1. The quantitative estimate of drug-likeness (QED) is 0.776. The molecular formula is C12H18N2O2. The number of carbonyl (C=O) groups is 1. The van der Waals surface area contributed by atoms with E-state index in [1.165, 1.54) is 0 Å². The third kappa shape index (κ3) is 4.77.